The molecular weight excluding hydrogens is 296 g/mol. The second kappa shape index (κ2) is 6.42. The zero-order chi connectivity index (χ0) is 16.4. The van der Waals surface area contributed by atoms with Crippen molar-refractivity contribution in [1.29, 1.82) is 0 Å². The second-order valence-electron chi connectivity index (χ2n) is 5.90. The highest BCUT2D eigenvalue weighted by atomic mass is 16.5. The molecule has 122 valence electrons. The highest BCUT2D eigenvalue weighted by Crippen LogP contribution is 2.31. The molecule has 2 aromatic rings. The molecule has 0 bridgehead atoms. The second-order valence-corrected chi connectivity index (χ2v) is 5.90. The fourth-order valence-electron chi connectivity index (χ4n) is 3.07. The monoisotopic (exact) mass is 316 g/mol. The number of ether oxygens (including phenoxy) is 1. The lowest BCUT2D eigenvalue weighted by molar-refractivity contribution is -0.141. The number of aliphatic carboxylic acids is 1. The van der Waals surface area contributed by atoms with Crippen molar-refractivity contribution in [2.75, 3.05) is 0 Å². The molecule has 0 aliphatic heterocycles. The summed E-state index contributed by atoms with van der Waals surface area (Å²) < 4.78 is 7.53. The Kier molecular flexibility index (Phi) is 4.34. The summed E-state index contributed by atoms with van der Waals surface area (Å²) in [5.74, 6) is -0.291. The topological polar surface area (TPSA) is 84.6 Å². The summed E-state index contributed by atoms with van der Waals surface area (Å²) in [6.07, 6.45) is 3.71. The summed E-state index contributed by atoms with van der Waals surface area (Å²) in [5, 5.41) is 22.6. The van der Waals surface area contributed by atoms with Crippen molar-refractivity contribution in [2.24, 2.45) is 13.0 Å². The van der Waals surface area contributed by atoms with Gasteiger partial charge in [-0.05, 0) is 37.0 Å². The number of nitrogens with zero attached hydrogens (tertiary/aromatic N) is 2. The fourth-order valence-corrected chi connectivity index (χ4v) is 3.07. The summed E-state index contributed by atoms with van der Waals surface area (Å²) >= 11 is 0. The van der Waals surface area contributed by atoms with Crippen LogP contribution in [-0.4, -0.2) is 32.1 Å². The Balaban J connectivity index is 1.69. The molecule has 2 N–H and O–H groups in total. The maximum Gasteiger partial charge on any atom is 0.306 e. The van der Waals surface area contributed by atoms with Crippen LogP contribution in [0.3, 0.4) is 0 Å². The van der Waals surface area contributed by atoms with Crippen molar-refractivity contribution < 1.29 is 19.7 Å². The first-order valence-electron chi connectivity index (χ1n) is 7.70. The zero-order valence-electron chi connectivity index (χ0n) is 13.0. The number of aromatic nitrogens is 2. The first-order valence-corrected chi connectivity index (χ1v) is 7.70. The van der Waals surface area contributed by atoms with Gasteiger partial charge >= 0.3 is 5.97 Å². The molecular formula is C17H20N2O4. The van der Waals surface area contributed by atoms with Crippen molar-refractivity contribution in [3.63, 3.8) is 0 Å². The third-order valence-corrected chi connectivity index (χ3v) is 4.41. The number of hydrogen-bond donors (Lipinski definition) is 2. The van der Waals surface area contributed by atoms with E-state index in [1.54, 1.807) is 17.9 Å². The third-order valence-electron chi connectivity index (χ3n) is 4.41. The number of rotatable bonds is 5. The number of carboxylic acid groups (broad SMARTS) is 1. The zero-order valence-corrected chi connectivity index (χ0v) is 13.0. The van der Waals surface area contributed by atoms with Crippen LogP contribution in [0.2, 0.25) is 0 Å². The van der Waals surface area contributed by atoms with Crippen LogP contribution in [0.5, 0.6) is 5.75 Å². The number of aliphatic hydroxyl groups is 1. The molecule has 1 aliphatic rings. The van der Waals surface area contributed by atoms with Crippen LogP contribution in [-0.2, 0) is 18.4 Å². The number of benzene rings is 1. The summed E-state index contributed by atoms with van der Waals surface area (Å²) in [4.78, 5) is 11.0. The molecule has 1 saturated carbocycles. The van der Waals surface area contributed by atoms with Gasteiger partial charge in [-0.1, -0.05) is 12.1 Å². The van der Waals surface area contributed by atoms with Crippen molar-refractivity contribution in [3.8, 4) is 16.9 Å². The van der Waals surface area contributed by atoms with Gasteiger partial charge in [-0.2, -0.15) is 5.10 Å². The standard InChI is InChI=1S/C17H20N2O4/c1-19-16(10-20)15(9-18-19)11-2-5-13(6-3-11)23-14-7-4-12(8-14)17(21)22/h2-3,5-6,9,12,14,20H,4,7-8,10H2,1H3,(H,21,22). The SMILES string of the molecule is Cn1ncc(-c2ccc(OC3CCC(C(=O)O)C3)cc2)c1CO. The van der Waals surface area contributed by atoms with Gasteiger partial charge in [-0.15, -0.1) is 0 Å². The van der Waals surface area contributed by atoms with Crippen molar-refractivity contribution in [2.45, 2.75) is 32.0 Å². The molecule has 1 aromatic heterocycles. The lowest BCUT2D eigenvalue weighted by Crippen LogP contribution is -2.15. The Labute approximate surface area is 134 Å². The molecule has 1 fully saturated rings. The van der Waals surface area contributed by atoms with E-state index in [0.717, 1.165) is 29.0 Å². The predicted octanol–water partition coefficient (Wildman–Crippen LogP) is 2.21. The molecule has 3 rings (SSSR count). The van der Waals surface area contributed by atoms with E-state index in [2.05, 4.69) is 5.10 Å². The molecule has 2 atom stereocenters. The quantitative estimate of drug-likeness (QED) is 0.883. The molecule has 1 aromatic carbocycles. The number of hydrogen-bond acceptors (Lipinski definition) is 4. The van der Waals surface area contributed by atoms with Crippen LogP contribution < -0.4 is 4.74 Å². The number of carbonyl (C=O) groups is 1. The molecule has 1 heterocycles. The van der Waals surface area contributed by atoms with Gasteiger partial charge in [0, 0.05) is 12.6 Å². The van der Waals surface area contributed by atoms with E-state index in [0.29, 0.717) is 12.8 Å². The number of carboxylic acids is 1. The summed E-state index contributed by atoms with van der Waals surface area (Å²) in [7, 11) is 1.80. The summed E-state index contributed by atoms with van der Waals surface area (Å²) in [5.41, 5.74) is 2.62. The third kappa shape index (κ3) is 3.22. The van der Waals surface area contributed by atoms with Gasteiger partial charge in [-0.25, -0.2) is 0 Å². The van der Waals surface area contributed by atoms with Gasteiger partial charge < -0.3 is 14.9 Å². The summed E-state index contributed by atoms with van der Waals surface area (Å²) in [6, 6.07) is 7.60. The predicted molar refractivity (Wildman–Crippen MR) is 84.0 cm³/mol. The smallest absolute Gasteiger partial charge is 0.306 e. The van der Waals surface area contributed by atoms with Crippen LogP contribution in [0.4, 0.5) is 0 Å². The van der Waals surface area contributed by atoms with Gasteiger partial charge in [0.25, 0.3) is 0 Å². The Hall–Kier alpha value is -2.34. The Bertz CT molecular complexity index is 693. The van der Waals surface area contributed by atoms with Gasteiger partial charge in [0.2, 0.25) is 0 Å². The molecule has 0 amide bonds. The minimum atomic E-state index is -0.737. The Morgan fingerprint density at radius 3 is 2.70 bits per heavy atom. The Morgan fingerprint density at radius 2 is 2.09 bits per heavy atom. The van der Waals surface area contributed by atoms with Gasteiger partial charge in [0.1, 0.15) is 5.75 Å². The molecule has 0 radical (unpaired) electrons. The first kappa shape index (κ1) is 15.6. The maximum absolute atomic E-state index is 11.0. The lowest BCUT2D eigenvalue weighted by atomic mass is 10.1. The first-order chi connectivity index (χ1) is 11.1. The largest absolute Gasteiger partial charge is 0.490 e. The van der Waals surface area contributed by atoms with Crippen LogP contribution in [0.15, 0.2) is 30.5 Å². The normalized spacial score (nSPS) is 20.6. The van der Waals surface area contributed by atoms with Gasteiger partial charge in [0.15, 0.2) is 0 Å². The molecule has 1 aliphatic carbocycles. The van der Waals surface area contributed by atoms with E-state index >= 15 is 0 Å². The van der Waals surface area contributed by atoms with Gasteiger partial charge in [0.05, 0.1) is 30.5 Å². The summed E-state index contributed by atoms with van der Waals surface area (Å²) in [6.45, 7) is -0.0667. The fraction of sp³-hybridized carbons (Fsp3) is 0.412. The number of aliphatic hydroxyl groups excluding tert-OH is 1. The van der Waals surface area contributed by atoms with Crippen LogP contribution in [0.1, 0.15) is 25.0 Å². The average molecular weight is 316 g/mol. The van der Waals surface area contributed by atoms with Crippen molar-refractivity contribution in [1.82, 2.24) is 9.78 Å². The maximum atomic E-state index is 11.0. The molecule has 2 unspecified atom stereocenters. The minimum absolute atomic E-state index is 0.0339. The highest BCUT2D eigenvalue weighted by Gasteiger charge is 2.30. The molecule has 6 heteroatoms. The van der Waals surface area contributed by atoms with Gasteiger partial charge in [-0.3, -0.25) is 9.48 Å². The Morgan fingerprint density at radius 1 is 1.35 bits per heavy atom. The van der Waals surface area contributed by atoms with Crippen molar-refractivity contribution >= 4 is 5.97 Å². The van der Waals surface area contributed by atoms with E-state index in [1.807, 2.05) is 24.3 Å². The van der Waals surface area contributed by atoms with Crippen LogP contribution in [0.25, 0.3) is 11.1 Å². The van der Waals surface area contributed by atoms with Crippen LogP contribution >= 0.6 is 0 Å². The molecule has 0 saturated heterocycles. The highest BCUT2D eigenvalue weighted by molar-refractivity contribution is 5.70. The number of aryl methyl sites for hydroxylation is 1. The molecule has 6 nitrogen and oxygen atoms in total. The lowest BCUT2D eigenvalue weighted by Gasteiger charge is -2.14. The minimum Gasteiger partial charge on any atom is -0.490 e. The van der Waals surface area contributed by atoms with Crippen molar-refractivity contribution in [3.05, 3.63) is 36.2 Å². The molecule has 0 spiro atoms. The van der Waals surface area contributed by atoms with E-state index in [9.17, 15) is 9.90 Å². The van der Waals surface area contributed by atoms with Crippen LogP contribution in [0, 0.1) is 5.92 Å². The van der Waals surface area contributed by atoms with E-state index < -0.39 is 5.97 Å². The molecule has 23 heavy (non-hydrogen) atoms. The van der Waals surface area contributed by atoms with E-state index in [4.69, 9.17) is 9.84 Å². The van der Waals surface area contributed by atoms with E-state index in [1.165, 1.54) is 0 Å². The van der Waals surface area contributed by atoms with E-state index in [-0.39, 0.29) is 18.6 Å². The average Bonchev–Trinajstić information content (AvgIpc) is 3.15.